The highest BCUT2D eigenvalue weighted by Gasteiger charge is 2.11. The van der Waals surface area contributed by atoms with E-state index in [9.17, 15) is 4.79 Å². The average Bonchev–Trinajstić information content (AvgIpc) is 2.30. The second-order valence-electron chi connectivity index (χ2n) is 2.25. The first-order valence-corrected chi connectivity index (χ1v) is 5.68. The van der Waals surface area contributed by atoms with E-state index in [4.69, 9.17) is 5.14 Å². The molecule has 0 aromatic heterocycles. The zero-order valence-electron chi connectivity index (χ0n) is 8.49. The molecule has 1 aromatic carbocycles. The molecule has 0 amide bonds. The lowest BCUT2D eigenvalue weighted by Gasteiger charge is -2.04. The Morgan fingerprint density at radius 2 is 2.07 bits per heavy atom. The normalized spacial score (nSPS) is 8.87. The molecule has 6 heteroatoms. The van der Waals surface area contributed by atoms with Crippen LogP contribution in [0.25, 0.3) is 0 Å². The molecule has 0 saturated carbocycles. The lowest BCUT2D eigenvalue weighted by atomic mass is 10.2. The van der Waals surface area contributed by atoms with E-state index < -0.39 is 0 Å². The van der Waals surface area contributed by atoms with Crippen LogP contribution in [0.2, 0.25) is 0 Å². The fraction of sp³-hybridized carbons (Fsp3) is 0.222. The maximum absolute atomic E-state index is 11.2. The summed E-state index contributed by atoms with van der Waals surface area (Å²) >= 11 is 4.31. The van der Waals surface area contributed by atoms with Crippen LogP contribution in [-0.2, 0) is 4.74 Å². The lowest BCUT2D eigenvalue weighted by Crippen LogP contribution is -2.03. The van der Waals surface area contributed by atoms with Gasteiger partial charge in [-0.15, -0.1) is 0 Å². The first-order valence-electron chi connectivity index (χ1n) is 4.01. The third-order valence-corrected chi connectivity index (χ3v) is 2.56. The summed E-state index contributed by atoms with van der Waals surface area (Å²) < 4.78 is 5.48. The number of hydrogen-bond acceptors (Lipinski definition) is 5. The SMILES string of the molecule is CN.COC(=O)c1ccc(Br)cc1SN. The van der Waals surface area contributed by atoms with Crippen LogP contribution in [0.1, 0.15) is 10.4 Å². The molecular formula is C9H13BrN2O2S. The minimum absolute atomic E-state index is 0.375. The van der Waals surface area contributed by atoms with Crippen molar-refractivity contribution in [2.75, 3.05) is 14.2 Å². The topological polar surface area (TPSA) is 78.3 Å². The summed E-state index contributed by atoms with van der Waals surface area (Å²) in [5, 5.41) is 5.40. The Morgan fingerprint density at radius 3 is 2.53 bits per heavy atom. The van der Waals surface area contributed by atoms with Crippen molar-refractivity contribution in [2.24, 2.45) is 10.9 Å². The van der Waals surface area contributed by atoms with E-state index in [0.29, 0.717) is 10.5 Å². The number of carbonyl (C=O) groups excluding carboxylic acids is 1. The number of rotatable bonds is 2. The van der Waals surface area contributed by atoms with Crippen molar-refractivity contribution >= 4 is 33.8 Å². The van der Waals surface area contributed by atoms with Crippen LogP contribution in [0.15, 0.2) is 27.6 Å². The van der Waals surface area contributed by atoms with E-state index in [1.807, 2.05) is 0 Å². The quantitative estimate of drug-likeness (QED) is 0.642. The average molecular weight is 293 g/mol. The predicted octanol–water partition coefficient (Wildman–Crippen LogP) is 1.78. The molecule has 0 heterocycles. The van der Waals surface area contributed by atoms with Gasteiger partial charge in [-0.2, -0.15) is 0 Å². The highest BCUT2D eigenvalue weighted by Crippen LogP contribution is 2.23. The number of methoxy groups -OCH3 is 1. The standard InChI is InChI=1S/C8H8BrNO2S.CH5N/c1-12-8(11)6-3-2-5(9)4-7(6)13-10;1-2/h2-4H,10H2,1H3;2H2,1H3. The van der Waals surface area contributed by atoms with Crippen LogP contribution >= 0.6 is 27.9 Å². The van der Waals surface area contributed by atoms with E-state index in [1.165, 1.54) is 14.2 Å². The number of nitrogens with two attached hydrogens (primary N) is 2. The molecule has 1 rings (SSSR count). The molecule has 4 nitrogen and oxygen atoms in total. The molecule has 0 aliphatic carbocycles. The van der Waals surface area contributed by atoms with Gasteiger partial charge in [0.15, 0.2) is 0 Å². The van der Waals surface area contributed by atoms with Gasteiger partial charge in [-0.25, -0.2) is 4.79 Å². The molecule has 0 aliphatic heterocycles. The van der Waals surface area contributed by atoms with E-state index in [2.05, 4.69) is 26.4 Å². The van der Waals surface area contributed by atoms with Gasteiger partial charge in [-0.1, -0.05) is 15.9 Å². The van der Waals surface area contributed by atoms with Gasteiger partial charge >= 0.3 is 5.97 Å². The van der Waals surface area contributed by atoms with Crippen LogP contribution in [0, 0.1) is 0 Å². The van der Waals surface area contributed by atoms with Gasteiger partial charge in [0.05, 0.1) is 12.7 Å². The maximum atomic E-state index is 11.2. The molecule has 0 aliphatic rings. The van der Waals surface area contributed by atoms with E-state index >= 15 is 0 Å². The van der Waals surface area contributed by atoms with E-state index in [-0.39, 0.29) is 5.97 Å². The molecule has 1 aromatic rings. The van der Waals surface area contributed by atoms with Gasteiger partial charge in [-0.3, -0.25) is 5.14 Å². The first kappa shape index (κ1) is 14.4. The lowest BCUT2D eigenvalue weighted by molar-refractivity contribution is 0.0597. The molecular weight excluding hydrogens is 280 g/mol. The summed E-state index contributed by atoms with van der Waals surface area (Å²) in [6.07, 6.45) is 0. The molecule has 0 unspecified atom stereocenters. The second kappa shape index (κ2) is 7.70. The third kappa shape index (κ3) is 4.21. The number of benzene rings is 1. The first-order chi connectivity index (χ1) is 7.19. The van der Waals surface area contributed by atoms with Gasteiger partial charge in [0, 0.05) is 9.37 Å². The van der Waals surface area contributed by atoms with Crippen LogP contribution in [0.4, 0.5) is 0 Å². The Kier molecular flexibility index (Phi) is 7.41. The largest absolute Gasteiger partial charge is 0.465 e. The Bertz CT molecular complexity index is 334. The molecule has 15 heavy (non-hydrogen) atoms. The zero-order chi connectivity index (χ0) is 11.8. The van der Waals surface area contributed by atoms with Crippen molar-refractivity contribution in [3.8, 4) is 0 Å². The Hall–Kier alpha value is -0.560. The number of carbonyl (C=O) groups is 1. The number of ether oxygens (including phenoxy) is 1. The molecule has 4 N–H and O–H groups in total. The van der Waals surface area contributed by atoms with E-state index in [0.717, 1.165) is 16.4 Å². The summed E-state index contributed by atoms with van der Waals surface area (Å²) in [5.74, 6) is -0.375. The number of esters is 1. The summed E-state index contributed by atoms with van der Waals surface area (Å²) in [7, 11) is 2.84. The van der Waals surface area contributed by atoms with Crippen LogP contribution < -0.4 is 10.9 Å². The van der Waals surface area contributed by atoms with Crippen LogP contribution in [-0.4, -0.2) is 20.1 Å². The fourth-order valence-electron chi connectivity index (χ4n) is 0.872. The molecule has 0 bridgehead atoms. The van der Waals surface area contributed by atoms with Crippen molar-refractivity contribution in [1.29, 1.82) is 0 Å². The van der Waals surface area contributed by atoms with Crippen LogP contribution in [0.3, 0.4) is 0 Å². The molecule has 0 saturated heterocycles. The minimum atomic E-state index is -0.375. The second-order valence-corrected chi connectivity index (χ2v) is 3.84. The monoisotopic (exact) mass is 292 g/mol. The summed E-state index contributed by atoms with van der Waals surface area (Å²) in [6.45, 7) is 0. The van der Waals surface area contributed by atoms with Gasteiger partial charge in [-0.05, 0) is 37.2 Å². The molecule has 0 spiro atoms. The van der Waals surface area contributed by atoms with Gasteiger partial charge in [0.1, 0.15) is 0 Å². The molecule has 0 atom stereocenters. The van der Waals surface area contributed by atoms with Crippen molar-refractivity contribution in [3.63, 3.8) is 0 Å². The van der Waals surface area contributed by atoms with Gasteiger partial charge in [0.2, 0.25) is 0 Å². The highest BCUT2D eigenvalue weighted by atomic mass is 79.9. The zero-order valence-corrected chi connectivity index (χ0v) is 10.9. The smallest absolute Gasteiger partial charge is 0.339 e. The molecule has 84 valence electrons. The number of halogens is 1. The predicted molar refractivity (Wildman–Crippen MR) is 65.6 cm³/mol. The fourth-order valence-corrected chi connectivity index (χ4v) is 1.86. The molecule has 0 fully saturated rings. The van der Waals surface area contributed by atoms with Crippen molar-refractivity contribution in [1.82, 2.24) is 0 Å². The highest BCUT2D eigenvalue weighted by molar-refractivity contribution is 9.10. The summed E-state index contributed by atoms with van der Waals surface area (Å²) in [6, 6.07) is 5.22. The van der Waals surface area contributed by atoms with Crippen LogP contribution in [0.5, 0.6) is 0 Å². The third-order valence-electron chi connectivity index (χ3n) is 1.48. The van der Waals surface area contributed by atoms with Gasteiger partial charge < -0.3 is 10.5 Å². The summed E-state index contributed by atoms with van der Waals surface area (Å²) in [5.41, 5.74) is 4.98. The summed E-state index contributed by atoms with van der Waals surface area (Å²) in [4.78, 5) is 11.9. The van der Waals surface area contributed by atoms with E-state index in [1.54, 1.807) is 18.2 Å². The minimum Gasteiger partial charge on any atom is -0.465 e. The van der Waals surface area contributed by atoms with Crippen molar-refractivity contribution in [3.05, 3.63) is 28.2 Å². The van der Waals surface area contributed by atoms with Crippen molar-refractivity contribution < 1.29 is 9.53 Å². The van der Waals surface area contributed by atoms with Gasteiger partial charge in [0.25, 0.3) is 0 Å². The maximum Gasteiger partial charge on any atom is 0.339 e. The van der Waals surface area contributed by atoms with Crippen molar-refractivity contribution in [2.45, 2.75) is 4.90 Å². The Balaban J connectivity index is 0.000000921. The molecule has 0 radical (unpaired) electrons. The Morgan fingerprint density at radius 1 is 1.47 bits per heavy atom. The number of hydrogen-bond donors (Lipinski definition) is 2. The Labute approximate surface area is 102 Å².